The molecule has 0 unspecified atom stereocenters. The van der Waals surface area contributed by atoms with E-state index in [-0.39, 0.29) is 5.97 Å². The minimum atomic E-state index is -0.609. The van der Waals surface area contributed by atoms with Crippen LogP contribution in [0.15, 0.2) is 59.2 Å². The highest BCUT2D eigenvalue weighted by Crippen LogP contribution is 2.22. The summed E-state index contributed by atoms with van der Waals surface area (Å²) < 4.78 is 21.7. The summed E-state index contributed by atoms with van der Waals surface area (Å²) in [6, 6.07) is 15.5. The molecular formula is C23H25NO5. The smallest absolute Gasteiger partial charge is 0.335 e. The molecule has 2 aromatic carbocycles. The highest BCUT2D eigenvalue weighted by atomic mass is 16.6. The first-order chi connectivity index (χ1) is 14.1. The first-order valence-electron chi connectivity index (χ1n) is 9.52. The van der Waals surface area contributed by atoms with Gasteiger partial charge in [-0.15, -0.1) is 0 Å². The number of esters is 1. The molecule has 29 heavy (non-hydrogen) atoms. The maximum Gasteiger partial charge on any atom is 0.335 e. The minimum Gasteiger partial charge on any atom is -0.487 e. The summed E-state index contributed by atoms with van der Waals surface area (Å²) >= 11 is 0. The summed E-state index contributed by atoms with van der Waals surface area (Å²) in [6.45, 7) is 4.58. The fraction of sp³-hybridized carbons (Fsp3) is 0.304. The summed E-state index contributed by atoms with van der Waals surface area (Å²) in [6.07, 6.45) is 1.45. The normalized spacial score (nSPS) is 11.8. The van der Waals surface area contributed by atoms with Crippen LogP contribution >= 0.6 is 0 Å². The minimum absolute atomic E-state index is 0.304. The van der Waals surface area contributed by atoms with E-state index in [0.717, 1.165) is 22.4 Å². The molecule has 0 aliphatic heterocycles. The highest BCUT2D eigenvalue weighted by molar-refractivity contribution is 5.75. The van der Waals surface area contributed by atoms with Crippen LogP contribution in [0.4, 0.5) is 0 Å². The van der Waals surface area contributed by atoms with Crippen LogP contribution in [0.1, 0.15) is 23.7 Å². The van der Waals surface area contributed by atoms with Crippen molar-refractivity contribution in [1.82, 2.24) is 4.98 Å². The lowest BCUT2D eigenvalue weighted by atomic mass is 10.0. The van der Waals surface area contributed by atoms with Crippen molar-refractivity contribution in [2.24, 2.45) is 0 Å². The van der Waals surface area contributed by atoms with Crippen LogP contribution in [0.3, 0.4) is 0 Å². The third kappa shape index (κ3) is 5.45. The molecule has 0 saturated carbocycles. The van der Waals surface area contributed by atoms with Crippen molar-refractivity contribution in [2.45, 2.75) is 33.0 Å². The van der Waals surface area contributed by atoms with Gasteiger partial charge in [0.05, 0.1) is 7.11 Å². The molecule has 1 aromatic heterocycles. The van der Waals surface area contributed by atoms with Gasteiger partial charge in [-0.05, 0) is 49.2 Å². The molecule has 0 amide bonds. The van der Waals surface area contributed by atoms with Gasteiger partial charge in [-0.2, -0.15) is 0 Å². The van der Waals surface area contributed by atoms with E-state index in [1.54, 1.807) is 6.26 Å². The van der Waals surface area contributed by atoms with E-state index in [1.807, 2.05) is 62.4 Å². The number of oxazole rings is 1. The van der Waals surface area contributed by atoms with Gasteiger partial charge in [-0.3, -0.25) is 0 Å². The zero-order valence-electron chi connectivity index (χ0n) is 16.9. The number of rotatable bonds is 9. The maximum atomic E-state index is 11.9. The van der Waals surface area contributed by atoms with Crippen molar-refractivity contribution < 1.29 is 23.4 Å². The fourth-order valence-corrected chi connectivity index (χ4v) is 2.97. The van der Waals surface area contributed by atoms with Crippen LogP contribution in [0.2, 0.25) is 0 Å². The number of methoxy groups -OCH3 is 1. The Morgan fingerprint density at radius 2 is 1.97 bits per heavy atom. The van der Waals surface area contributed by atoms with Crippen molar-refractivity contribution in [3.8, 4) is 17.2 Å². The molecule has 6 nitrogen and oxygen atoms in total. The van der Waals surface area contributed by atoms with Gasteiger partial charge >= 0.3 is 5.97 Å². The Morgan fingerprint density at radius 1 is 1.17 bits per heavy atom. The molecule has 152 valence electrons. The Bertz CT molecular complexity index is 935. The SMILES string of the molecule is CCO[C@@H](Cc1ccc(OCc2coc(-c3ccccc3)n2)cc1C)C(=O)OC. The van der Waals surface area contributed by atoms with Crippen LogP contribution < -0.4 is 4.74 Å². The molecule has 3 rings (SSSR count). The monoisotopic (exact) mass is 395 g/mol. The number of carbonyl (C=O) groups is 1. The molecule has 0 spiro atoms. The van der Waals surface area contributed by atoms with Crippen molar-refractivity contribution in [1.29, 1.82) is 0 Å². The van der Waals surface area contributed by atoms with Crippen molar-refractivity contribution >= 4 is 5.97 Å². The molecule has 1 atom stereocenters. The van der Waals surface area contributed by atoms with Crippen LogP contribution in [-0.2, 0) is 27.3 Å². The van der Waals surface area contributed by atoms with Crippen molar-refractivity contribution in [3.05, 3.63) is 71.6 Å². The van der Waals surface area contributed by atoms with E-state index in [9.17, 15) is 4.79 Å². The standard InChI is InChI=1S/C23H25NO5/c1-4-27-21(23(25)26-3)13-18-10-11-20(12-16(18)2)28-14-19-15-29-22(24-19)17-8-6-5-7-9-17/h5-12,15,21H,4,13-14H2,1-3H3/t21-/m0/s1. The van der Waals surface area contributed by atoms with Gasteiger partial charge in [0, 0.05) is 18.6 Å². The van der Waals surface area contributed by atoms with Crippen LogP contribution in [0.25, 0.3) is 11.5 Å². The lowest BCUT2D eigenvalue weighted by molar-refractivity contribution is -0.153. The molecule has 0 saturated heterocycles. The number of hydrogen-bond donors (Lipinski definition) is 0. The van der Waals surface area contributed by atoms with E-state index in [2.05, 4.69) is 4.98 Å². The van der Waals surface area contributed by atoms with Crippen LogP contribution in [-0.4, -0.2) is 30.8 Å². The lowest BCUT2D eigenvalue weighted by Crippen LogP contribution is -2.28. The molecule has 1 heterocycles. The first-order valence-corrected chi connectivity index (χ1v) is 9.52. The lowest BCUT2D eigenvalue weighted by Gasteiger charge is -2.16. The summed E-state index contributed by atoms with van der Waals surface area (Å²) in [7, 11) is 1.37. The van der Waals surface area contributed by atoms with Gasteiger partial charge in [-0.25, -0.2) is 9.78 Å². The zero-order chi connectivity index (χ0) is 20.6. The van der Waals surface area contributed by atoms with Gasteiger partial charge in [0.15, 0.2) is 6.10 Å². The van der Waals surface area contributed by atoms with Gasteiger partial charge in [0.1, 0.15) is 24.3 Å². The fourth-order valence-electron chi connectivity index (χ4n) is 2.97. The van der Waals surface area contributed by atoms with E-state index < -0.39 is 6.10 Å². The van der Waals surface area contributed by atoms with Gasteiger partial charge < -0.3 is 18.6 Å². The van der Waals surface area contributed by atoms with Crippen molar-refractivity contribution in [3.63, 3.8) is 0 Å². The third-order valence-corrected chi connectivity index (χ3v) is 4.51. The van der Waals surface area contributed by atoms with Gasteiger partial charge in [-0.1, -0.05) is 24.3 Å². The Labute approximate surface area is 170 Å². The van der Waals surface area contributed by atoms with Crippen molar-refractivity contribution in [2.75, 3.05) is 13.7 Å². The quantitative estimate of drug-likeness (QED) is 0.502. The van der Waals surface area contributed by atoms with E-state index in [0.29, 0.717) is 31.2 Å². The Balaban J connectivity index is 1.62. The summed E-state index contributed by atoms with van der Waals surface area (Å²) in [4.78, 5) is 16.3. The topological polar surface area (TPSA) is 70.8 Å². The zero-order valence-corrected chi connectivity index (χ0v) is 16.9. The summed E-state index contributed by atoms with van der Waals surface area (Å²) in [5.74, 6) is 0.925. The summed E-state index contributed by atoms with van der Waals surface area (Å²) in [5.41, 5.74) is 3.66. The van der Waals surface area contributed by atoms with E-state index in [1.165, 1.54) is 7.11 Å². The average molecular weight is 395 g/mol. The number of nitrogens with zero attached hydrogens (tertiary/aromatic N) is 1. The van der Waals surface area contributed by atoms with Crippen LogP contribution in [0.5, 0.6) is 5.75 Å². The predicted molar refractivity (Wildman–Crippen MR) is 109 cm³/mol. The number of aryl methyl sites for hydroxylation is 1. The molecule has 3 aromatic rings. The Hall–Kier alpha value is -3.12. The Morgan fingerprint density at radius 3 is 2.66 bits per heavy atom. The number of ether oxygens (including phenoxy) is 3. The number of carbonyl (C=O) groups excluding carboxylic acids is 1. The molecule has 0 aliphatic carbocycles. The van der Waals surface area contributed by atoms with Gasteiger partial charge in [0.25, 0.3) is 0 Å². The second-order valence-electron chi connectivity index (χ2n) is 6.56. The number of hydrogen-bond acceptors (Lipinski definition) is 6. The molecule has 0 bridgehead atoms. The van der Waals surface area contributed by atoms with Gasteiger partial charge in [0.2, 0.25) is 5.89 Å². The second kappa shape index (κ2) is 9.89. The maximum absolute atomic E-state index is 11.9. The molecule has 0 fully saturated rings. The largest absolute Gasteiger partial charge is 0.487 e. The molecule has 0 radical (unpaired) electrons. The molecular weight excluding hydrogens is 370 g/mol. The third-order valence-electron chi connectivity index (χ3n) is 4.51. The highest BCUT2D eigenvalue weighted by Gasteiger charge is 2.20. The first kappa shape index (κ1) is 20.6. The molecule has 6 heteroatoms. The second-order valence-corrected chi connectivity index (χ2v) is 6.56. The summed E-state index contributed by atoms with van der Waals surface area (Å²) in [5, 5.41) is 0. The van der Waals surface area contributed by atoms with E-state index in [4.69, 9.17) is 18.6 Å². The van der Waals surface area contributed by atoms with E-state index >= 15 is 0 Å². The average Bonchev–Trinajstić information content (AvgIpc) is 3.22. The number of aromatic nitrogens is 1. The van der Waals surface area contributed by atoms with Crippen LogP contribution in [0, 0.1) is 6.92 Å². The molecule has 0 N–H and O–H groups in total. The predicted octanol–water partition coefficient (Wildman–Crippen LogP) is 4.35. The Kier molecular flexibility index (Phi) is 7.03. The molecule has 0 aliphatic rings. The number of benzene rings is 2.